The lowest BCUT2D eigenvalue weighted by atomic mass is 9.83. The minimum Gasteiger partial charge on any atom is -0.390 e. The number of aromatic nitrogens is 2. The second-order valence-corrected chi connectivity index (χ2v) is 5.44. The molecule has 1 fully saturated rings. The monoisotopic (exact) mass is 239 g/mol. The SMILES string of the molecule is Cc1noc(CN2CCC(C(C)(C)O)CC2)n1. The molecule has 0 atom stereocenters. The summed E-state index contributed by atoms with van der Waals surface area (Å²) in [5, 5.41) is 13.7. The van der Waals surface area contributed by atoms with E-state index in [1.807, 2.05) is 20.8 Å². The van der Waals surface area contributed by atoms with Gasteiger partial charge in [0, 0.05) is 0 Å². The van der Waals surface area contributed by atoms with Gasteiger partial charge in [-0.15, -0.1) is 0 Å². The first-order chi connectivity index (χ1) is 7.95. The maximum absolute atomic E-state index is 9.96. The predicted molar refractivity (Wildman–Crippen MR) is 63.3 cm³/mol. The standard InChI is InChI=1S/C12H21N3O2/c1-9-13-11(17-14-9)8-15-6-4-10(5-7-15)12(2,3)16/h10,16H,4-8H2,1-3H3. The molecule has 1 aromatic heterocycles. The Morgan fingerprint density at radius 1 is 1.41 bits per heavy atom. The molecule has 0 aromatic carbocycles. The Kier molecular flexibility index (Phi) is 3.49. The number of rotatable bonds is 3. The van der Waals surface area contributed by atoms with Gasteiger partial charge in [0.15, 0.2) is 5.82 Å². The van der Waals surface area contributed by atoms with Crippen LogP contribution in [0, 0.1) is 12.8 Å². The second-order valence-electron chi connectivity index (χ2n) is 5.44. The zero-order valence-electron chi connectivity index (χ0n) is 10.8. The van der Waals surface area contributed by atoms with Crippen LogP contribution in [0.15, 0.2) is 4.52 Å². The smallest absolute Gasteiger partial charge is 0.240 e. The highest BCUT2D eigenvalue weighted by atomic mass is 16.5. The summed E-state index contributed by atoms with van der Waals surface area (Å²) in [7, 11) is 0. The van der Waals surface area contributed by atoms with E-state index in [-0.39, 0.29) is 0 Å². The molecule has 1 aromatic rings. The number of hydrogen-bond donors (Lipinski definition) is 1. The van der Waals surface area contributed by atoms with Gasteiger partial charge in [0.05, 0.1) is 12.1 Å². The number of likely N-dealkylation sites (tertiary alicyclic amines) is 1. The van der Waals surface area contributed by atoms with E-state index in [1.165, 1.54) is 0 Å². The number of nitrogens with zero attached hydrogens (tertiary/aromatic N) is 3. The lowest BCUT2D eigenvalue weighted by Gasteiger charge is -2.37. The van der Waals surface area contributed by atoms with Gasteiger partial charge in [-0.2, -0.15) is 4.98 Å². The van der Waals surface area contributed by atoms with Gasteiger partial charge < -0.3 is 9.63 Å². The fourth-order valence-electron chi connectivity index (χ4n) is 2.39. The molecule has 5 heteroatoms. The van der Waals surface area contributed by atoms with Crippen LogP contribution in [-0.4, -0.2) is 38.8 Å². The topological polar surface area (TPSA) is 62.4 Å². The largest absolute Gasteiger partial charge is 0.390 e. The summed E-state index contributed by atoms with van der Waals surface area (Å²) in [6.45, 7) is 8.31. The van der Waals surface area contributed by atoms with Crippen molar-refractivity contribution in [3.05, 3.63) is 11.7 Å². The van der Waals surface area contributed by atoms with Crippen LogP contribution in [0.5, 0.6) is 0 Å². The van der Waals surface area contributed by atoms with Crippen molar-refractivity contribution in [2.75, 3.05) is 13.1 Å². The summed E-state index contributed by atoms with van der Waals surface area (Å²) in [5.41, 5.74) is -0.562. The average Bonchev–Trinajstić information content (AvgIpc) is 2.63. The first kappa shape index (κ1) is 12.5. The van der Waals surface area contributed by atoms with Crippen LogP contribution in [0.1, 0.15) is 38.4 Å². The molecular formula is C12H21N3O2. The molecule has 96 valence electrons. The van der Waals surface area contributed by atoms with Crippen LogP contribution in [0.25, 0.3) is 0 Å². The van der Waals surface area contributed by atoms with E-state index >= 15 is 0 Å². The van der Waals surface area contributed by atoms with Gasteiger partial charge in [-0.3, -0.25) is 4.90 Å². The summed E-state index contributed by atoms with van der Waals surface area (Å²) in [4.78, 5) is 6.50. The van der Waals surface area contributed by atoms with Crippen LogP contribution < -0.4 is 0 Å². The van der Waals surface area contributed by atoms with E-state index in [2.05, 4.69) is 15.0 Å². The lowest BCUT2D eigenvalue weighted by Crippen LogP contribution is -2.41. The number of piperidine rings is 1. The van der Waals surface area contributed by atoms with E-state index in [0.717, 1.165) is 32.5 Å². The van der Waals surface area contributed by atoms with Crippen molar-refractivity contribution in [3.63, 3.8) is 0 Å². The first-order valence-electron chi connectivity index (χ1n) is 6.19. The van der Waals surface area contributed by atoms with Crippen LogP contribution >= 0.6 is 0 Å². The normalized spacial score (nSPS) is 19.8. The molecule has 17 heavy (non-hydrogen) atoms. The third-order valence-electron chi connectivity index (χ3n) is 3.52. The highest BCUT2D eigenvalue weighted by molar-refractivity contribution is 4.87. The summed E-state index contributed by atoms with van der Waals surface area (Å²) < 4.78 is 5.11. The fraction of sp³-hybridized carbons (Fsp3) is 0.833. The van der Waals surface area contributed by atoms with E-state index in [9.17, 15) is 5.11 Å². The lowest BCUT2D eigenvalue weighted by molar-refractivity contribution is -0.0147. The number of hydrogen-bond acceptors (Lipinski definition) is 5. The van der Waals surface area contributed by atoms with Gasteiger partial charge in [-0.1, -0.05) is 5.16 Å². The van der Waals surface area contributed by atoms with Crippen LogP contribution in [0.3, 0.4) is 0 Å². The second kappa shape index (κ2) is 4.74. The number of aryl methyl sites for hydroxylation is 1. The van der Waals surface area contributed by atoms with Crippen molar-refractivity contribution >= 4 is 0 Å². The Hall–Kier alpha value is -0.940. The molecule has 0 radical (unpaired) electrons. The van der Waals surface area contributed by atoms with Gasteiger partial charge in [-0.25, -0.2) is 0 Å². The highest BCUT2D eigenvalue weighted by Crippen LogP contribution is 2.28. The molecule has 1 N–H and O–H groups in total. The Morgan fingerprint density at radius 2 is 2.06 bits per heavy atom. The summed E-state index contributed by atoms with van der Waals surface area (Å²) in [5.74, 6) is 1.76. The van der Waals surface area contributed by atoms with E-state index in [0.29, 0.717) is 17.6 Å². The van der Waals surface area contributed by atoms with Crippen molar-refractivity contribution in [1.82, 2.24) is 15.0 Å². The maximum Gasteiger partial charge on any atom is 0.240 e. The van der Waals surface area contributed by atoms with E-state index in [4.69, 9.17) is 4.52 Å². The van der Waals surface area contributed by atoms with Gasteiger partial charge in [-0.05, 0) is 52.6 Å². The van der Waals surface area contributed by atoms with E-state index in [1.54, 1.807) is 0 Å². The Morgan fingerprint density at radius 3 is 2.53 bits per heavy atom. The van der Waals surface area contributed by atoms with Gasteiger partial charge in [0.2, 0.25) is 5.89 Å². The van der Waals surface area contributed by atoms with Gasteiger partial charge in [0.25, 0.3) is 0 Å². The predicted octanol–water partition coefficient (Wildman–Crippen LogP) is 1.36. The first-order valence-corrected chi connectivity index (χ1v) is 6.19. The van der Waals surface area contributed by atoms with Crippen LogP contribution in [0.2, 0.25) is 0 Å². The minimum absolute atomic E-state index is 0.392. The maximum atomic E-state index is 9.96. The third kappa shape index (κ3) is 3.26. The summed E-state index contributed by atoms with van der Waals surface area (Å²) in [6, 6.07) is 0. The molecule has 0 unspecified atom stereocenters. The fourth-order valence-corrected chi connectivity index (χ4v) is 2.39. The van der Waals surface area contributed by atoms with Crippen molar-refractivity contribution < 1.29 is 9.63 Å². The summed E-state index contributed by atoms with van der Waals surface area (Å²) in [6.07, 6.45) is 2.05. The molecule has 1 aliphatic heterocycles. The zero-order valence-corrected chi connectivity index (χ0v) is 10.8. The molecule has 0 spiro atoms. The molecule has 1 saturated heterocycles. The number of aliphatic hydroxyl groups is 1. The molecule has 0 saturated carbocycles. The third-order valence-corrected chi connectivity index (χ3v) is 3.52. The zero-order chi connectivity index (χ0) is 12.5. The minimum atomic E-state index is -0.562. The molecule has 1 aliphatic rings. The molecule has 0 bridgehead atoms. The van der Waals surface area contributed by atoms with Crippen molar-refractivity contribution in [1.29, 1.82) is 0 Å². The Labute approximate surface area is 102 Å². The van der Waals surface area contributed by atoms with Crippen LogP contribution in [-0.2, 0) is 6.54 Å². The van der Waals surface area contributed by atoms with Crippen LogP contribution in [0.4, 0.5) is 0 Å². The van der Waals surface area contributed by atoms with Crippen molar-refractivity contribution in [3.8, 4) is 0 Å². The average molecular weight is 239 g/mol. The highest BCUT2D eigenvalue weighted by Gasteiger charge is 2.30. The Balaban J connectivity index is 1.83. The molecule has 2 heterocycles. The van der Waals surface area contributed by atoms with E-state index < -0.39 is 5.60 Å². The quantitative estimate of drug-likeness (QED) is 0.863. The molecule has 0 aliphatic carbocycles. The molecular weight excluding hydrogens is 218 g/mol. The van der Waals surface area contributed by atoms with Gasteiger partial charge in [0.1, 0.15) is 0 Å². The van der Waals surface area contributed by atoms with Crippen molar-refractivity contribution in [2.24, 2.45) is 5.92 Å². The Bertz CT molecular complexity index is 362. The molecule has 5 nitrogen and oxygen atoms in total. The van der Waals surface area contributed by atoms with Gasteiger partial charge >= 0.3 is 0 Å². The summed E-state index contributed by atoms with van der Waals surface area (Å²) >= 11 is 0. The van der Waals surface area contributed by atoms with Crippen molar-refractivity contribution in [2.45, 2.75) is 45.8 Å². The molecule has 2 rings (SSSR count). The molecule has 0 amide bonds.